The van der Waals surface area contributed by atoms with Gasteiger partial charge in [0.2, 0.25) is 0 Å². The first kappa shape index (κ1) is 14.1. The lowest BCUT2D eigenvalue weighted by Gasteiger charge is -2.24. The molecular weight excluding hydrogens is 312 g/mol. The molecule has 1 fully saturated rings. The van der Waals surface area contributed by atoms with Gasteiger partial charge < -0.3 is 4.90 Å². The highest BCUT2D eigenvalue weighted by atomic mass is 79.9. The third-order valence-electron chi connectivity index (χ3n) is 3.78. The summed E-state index contributed by atoms with van der Waals surface area (Å²) in [6.07, 6.45) is 7.05. The Balaban J connectivity index is 2.15. The molecule has 18 heavy (non-hydrogen) atoms. The summed E-state index contributed by atoms with van der Waals surface area (Å²) in [5, 5.41) is 0. The van der Waals surface area contributed by atoms with Crippen LogP contribution in [-0.2, 0) is 5.88 Å². The quantitative estimate of drug-likeness (QED) is 0.753. The monoisotopic (exact) mass is 330 g/mol. The Morgan fingerprint density at radius 1 is 1.44 bits per heavy atom. The lowest BCUT2D eigenvalue weighted by molar-refractivity contribution is 0.459. The van der Waals surface area contributed by atoms with Crippen molar-refractivity contribution < 1.29 is 0 Å². The van der Waals surface area contributed by atoms with Gasteiger partial charge in [-0.2, -0.15) is 0 Å². The van der Waals surface area contributed by atoms with Gasteiger partial charge in [0.15, 0.2) is 0 Å². The van der Waals surface area contributed by atoms with Crippen LogP contribution in [0.3, 0.4) is 0 Å². The van der Waals surface area contributed by atoms with Gasteiger partial charge in [0.05, 0.1) is 5.88 Å². The zero-order valence-electron chi connectivity index (χ0n) is 10.8. The van der Waals surface area contributed by atoms with E-state index in [1.807, 2.05) is 6.20 Å². The Morgan fingerprint density at radius 2 is 2.28 bits per heavy atom. The van der Waals surface area contributed by atoms with Crippen LogP contribution in [0.4, 0.5) is 5.82 Å². The lowest BCUT2D eigenvalue weighted by Crippen LogP contribution is -2.26. The third-order valence-corrected chi connectivity index (χ3v) is 4.50. The van der Waals surface area contributed by atoms with Gasteiger partial charge in [-0.05, 0) is 47.2 Å². The smallest absolute Gasteiger partial charge is 0.133 e. The summed E-state index contributed by atoms with van der Waals surface area (Å²) < 4.78 is 1.00. The van der Waals surface area contributed by atoms with E-state index in [9.17, 15) is 0 Å². The SMILES string of the molecule is CCC1CCCN(c2ncc(Br)cc2CCl)CC1. The standard InChI is InChI=1S/C14H20BrClN2/c1-2-11-4-3-6-18(7-5-11)14-12(9-16)8-13(15)10-17-14/h8,10-11H,2-7,9H2,1H3. The number of alkyl halides is 1. The van der Waals surface area contributed by atoms with Gasteiger partial charge in [0.25, 0.3) is 0 Å². The highest BCUT2D eigenvalue weighted by Gasteiger charge is 2.18. The van der Waals surface area contributed by atoms with Crippen molar-refractivity contribution in [2.75, 3.05) is 18.0 Å². The number of hydrogen-bond acceptors (Lipinski definition) is 2. The minimum Gasteiger partial charge on any atom is -0.356 e. The Labute approximate surface area is 123 Å². The fourth-order valence-electron chi connectivity index (χ4n) is 2.64. The molecule has 0 bridgehead atoms. The highest BCUT2D eigenvalue weighted by molar-refractivity contribution is 9.10. The van der Waals surface area contributed by atoms with E-state index in [4.69, 9.17) is 11.6 Å². The van der Waals surface area contributed by atoms with E-state index in [0.717, 1.165) is 34.9 Å². The van der Waals surface area contributed by atoms with Gasteiger partial charge in [-0.15, -0.1) is 11.6 Å². The molecule has 0 N–H and O–H groups in total. The number of hydrogen-bond donors (Lipinski definition) is 0. The second-order valence-electron chi connectivity index (χ2n) is 4.96. The Kier molecular flexibility index (Phi) is 5.31. The normalized spacial score (nSPS) is 20.8. The van der Waals surface area contributed by atoms with E-state index in [2.05, 4.69) is 38.8 Å². The van der Waals surface area contributed by atoms with E-state index in [1.54, 1.807) is 0 Å². The second-order valence-corrected chi connectivity index (χ2v) is 6.15. The fourth-order valence-corrected chi connectivity index (χ4v) is 3.22. The number of pyridine rings is 1. The van der Waals surface area contributed by atoms with Crippen LogP contribution in [0.5, 0.6) is 0 Å². The Bertz CT molecular complexity index is 397. The third kappa shape index (κ3) is 3.39. The van der Waals surface area contributed by atoms with Crippen LogP contribution >= 0.6 is 27.5 Å². The molecule has 1 atom stereocenters. The summed E-state index contributed by atoms with van der Waals surface area (Å²) >= 11 is 9.49. The van der Waals surface area contributed by atoms with Crippen LogP contribution in [0, 0.1) is 5.92 Å². The second kappa shape index (κ2) is 6.76. The van der Waals surface area contributed by atoms with Crippen molar-refractivity contribution in [3.8, 4) is 0 Å². The van der Waals surface area contributed by atoms with Crippen molar-refractivity contribution in [1.82, 2.24) is 4.98 Å². The summed E-state index contributed by atoms with van der Waals surface area (Å²) in [6.45, 7) is 4.51. The van der Waals surface area contributed by atoms with Crippen molar-refractivity contribution in [3.63, 3.8) is 0 Å². The van der Waals surface area contributed by atoms with Gasteiger partial charge in [0.1, 0.15) is 5.82 Å². The minimum absolute atomic E-state index is 0.523. The van der Waals surface area contributed by atoms with Gasteiger partial charge in [0, 0.05) is 29.3 Å². The highest BCUT2D eigenvalue weighted by Crippen LogP contribution is 2.27. The summed E-state index contributed by atoms with van der Waals surface area (Å²) in [5.74, 6) is 2.48. The van der Waals surface area contributed by atoms with E-state index >= 15 is 0 Å². The maximum atomic E-state index is 6.03. The zero-order valence-corrected chi connectivity index (χ0v) is 13.2. The van der Waals surface area contributed by atoms with Crippen LogP contribution in [0.1, 0.15) is 38.2 Å². The van der Waals surface area contributed by atoms with Crippen molar-refractivity contribution >= 4 is 33.3 Å². The zero-order chi connectivity index (χ0) is 13.0. The summed E-state index contributed by atoms with van der Waals surface area (Å²) in [7, 11) is 0. The molecule has 1 saturated heterocycles. The van der Waals surface area contributed by atoms with Crippen molar-refractivity contribution in [3.05, 3.63) is 22.3 Å². The summed E-state index contributed by atoms with van der Waals surface area (Å²) in [6, 6.07) is 2.08. The van der Waals surface area contributed by atoms with Crippen molar-refractivity contribution in [2.45, 2.75) is 38.5 Å². The fraction of sp³-hybridized carbons (Fsp3) is 0.643. The van der Waals surface area contributed by atoms with E-state index in [0.29, 0.717) is 5.88 Å². The molecule has 0 aromatic carbocycles. The molecule has 0 saturated carbocycles. The van der Waals surface area contributed by atoms with Gasteiger partial charge in [-0.25, -0.2) is 4.98 Å². The van der Waals surface area contributed by atoms with Crippen LogP contribution in [0.25, 0.3) is 0 Å². The minimum atomic E-state index is 0.523. The van der Waals surface area contributed by atoms with E-state index in [-0.39, 0.29) is 0 Å². The molecule has 100 valence electrons. The molecule has 4 heteroatoms. The van der Waals surface area contributed by atoms with Crippen LogP contribution in [0.2, 0.25) is 0 Å². The van der Waals surface area contributed by atoms with Gasteiger partial charge >= 0.3 is 0 Å². The molecule has 2 nitrogen and oxygen atoms in total. The molecule has 1 aromatic rings. The summed E-state index contributed by atoms with van der Waals surface area (Å²) in [4.78, 5) is 6.96. The molecule has 1 aliphatic rings. The Hall–Kier alpha value is -0.280. The first-order valence-corrected chi connectivity index (χ1v) is 8.02. The number of nitrogens with zero attached hydrogens (tertiary/aromatic N) is 2. The van der Waals surface area contributed by atoms with Crippen LogP contribution < -0.4 is 4.90 Å². The van der Waals surface area contributed by atoms with E-state index < -0.39 is 0 Å². The van der Waals surface area contributed by atoms with E-state index in [1.165, 1.54) is 25.7 Å². The molecule has 2 rings (SSSR count). The average molecular weight is 332 g/mol. The molecule has 1 aliphatic heterocycles. The lowest BCUT2D eigenvalue weighted by atomic mass is 9.98. The van der Waals surface area contributed by atoms with Crippen molar-refractivity contribution in [2.24, 2.45) is 5.92 Å². The number of anilines is 1. The maximum Gasteiger partial charge on any atom is 0.133 e. The molecular formula is C14H20BrClN2. The number of halogens is 2. The molecule has 0 aliphatic carbocycles. The maximum absolute atomic E-state index is 6.03. The first-order chi connectivity index (χ1) is 8.74. The van der Waals surface area contributed by atoms with Crippen molar-refractivity contribution in [1.29, 1.82) is 0 Å². The summed E-state index contributed by atoms with van der Waals surface area (Å²) in [5.41, 5.74) is 1.13. The number of rotatable bonds is 3. The van der Waals surface area contributed by atoms with Crippen LogP contribution in [0.15, 0.2) is 16.7 Å². The van der Waals surface area contributed by atoms with Gasteiger partial charge in [-0.1, -0.05) is 13.3 Å². The molecule has 0 radical (unpaired) electrons. The first-order valence-electron chi connectivity index (χ1n) is 6.70. The van der Waals surface area contributed by atoms with Crippen LogP contribution in [-0.4, -0.2) is 18.1 Å². The predicted octanol–water partition coefficient (Wildman–Crippen LogP) is 4.60. The molecule has 2 heterocycles. The molecule has 0 amide bonds. The largest absolute Gasteiger partial charge is 0.356 e. The Morgan fingerprint density at radius 3 is 3.00 bits per heavy atom. The molecule has 1 unspecified atom stereocenters. The molecule has 1 aromatic heterocycles. The average Bonchev–Trinajstić information content (AvgIpc) is 2.63. The molecule has 0 spiro atoms. The predicted molar refractivity (Wildman–Crippen MR) is 81.3 cm³/mol. The topological polar surface area (TPSA) is 16.1 Å². The number of aromatic nitrogens is 1. The van der Waals surface area contributed by atoms with Gasteiger partial charge in [-0.3, -0.25) is 0 Å².